The maximum Gasteiger partial charge on any atom is 1.00 e. The first-order valence-electron chi connectivity index (χ1n) is 6.89. The van der Waals surface area contributed by atoms with Crippen LogP contribution in [-0.4, -0.2) is 26.0 Å². The van der Waals surface area contributed by atoms with Gasteiger partial charge in [-0.25, -0.2) is 17.9 Å². The van der Waals surface area contributed by atoms with Crippen molar-refractivity contribution in [1.29, 1.82) is 0 Å². The summed E-state index contributed by atoms with van der Waals surface area (Å²) < 4.78 is 26.0. The van der Waals surface area contributed by atoms with E-state index in [-0.39, 0.29) is 46.7 Å². The Kier molecular flexibility index (Phi) is 7.71. The molecule has 10 heteroatoms. The van der Waals surface area contributed by atoms with Crippen molar-refractivity contribution in [1.82, 2.24) is 4.72 Å². The van der Waals surface area contributed by atoms with E-state index >= 15 is 0 Å². The molecule has 0 aliphatic heterocycles. The average Bonchev–Trinajstić information content (AvgIpc) is 2.54. The van der Waals surface area contributed by atoms with Crippen molar-refractivity contribution < 1.29 is 53.0 Å². The Balaban J connectivity index is 0.00000312. The smallest absolute Gasteiger partial charge is 0.872 e. The van der Waals surface area contributed by atoms with E-state index in [0.29, 0.717) is 5.69 Å². The molecule has 0 aromatic heterocycles. The molecule has 0 saturated heterocycles. The standard InChI is InChI=1S/C15H15N3O5S.Na/c1-2-16-24(22,23)12-6-3-10(4-7-12)17-18-11-5-8-14(19)13(9-11)15(20)21;/h3-9,16,19H,2H2,1H3,(H,20,21);/q;+1/p-1. The number of hydrogen-bond acceptors (Lipinski definition) is 6. The van der Waals surface area contributed by atoms with Crippen LogP contribution in [0, 0.1) is 0 Å². The Hall–Kier alpha value is -1.78. The molecule has 0 unspecified atom stereocenters. The van der Waals surface area contributed by atoms with Gasteiger partial charge in [-0.3, -0.25) is 0 Å². The van der Waals surface area contributed by atoms with Crippen LogP contribution >= 0.6 is 0 Å². The topological polar surface area (TPSA) is 131 Å². The number of hydrogen-bond donors (Lipinski definition) is 2. The Bertz CT molecular complexity index is 883. The predicted octanol–water partition coefficient (Wildman–Crippen LogP) is -0.824. The maximum atomic E-state index is 11.8. The molecule has 0 aliphatic rings. The molecule has 0 heterocycles. The van der Waals surface area contributed by atoms with Gasteiger partial charge in [0.05, 0.1) is 21.8 Å². The number of nitrogens with one attached hydrogen (secondary N) is 1. The van der Waals surface area contributed by atoms with Gasteiger partial charge in [-0.2, -0.15) is 10.2 Å². The Morgan fingerprint density at radius 3 is 2.24 bits per heavy atom. The van der Waals surface area contributed by atoms with E-state index in [1.807, 2.05) is 0 Å². The van der Waals surface area contributed by atoms with Crippen molar-refractivity contribution in [3.05, 3.63) is 48.0 Å². The van der Waals surface area contributed by atoms with E-state index in [1.165, 1.54) is 30.3 Å². The normalized spacial score (nSPS) is 11.2. The third-order valence-corrected chi connectivity index (χ3v) is 4.52. The SMILES string of the molecule is CCNS(=O)(=O)c1ccc(N=Nc2ccc([O-])c(C(=O)O)c2)cc1.[Na+]. The van der Waals surface area contributed by atoms with E-state index < -0.39 is 27.3 Å². The molecule has 25 heavy (non-hydrogen) atoms. The van der Waals surface area contributed by atoms with Gasteiger partial charge in [0.15, 0.2) is 0 Å². The van der Waals surface area contributed by atoms with Crippen molar-refractivity contribution in [2.75, 3.05) is 6.54 Å². The minimum atomic E-state index is -3.54. The number of carboxylic acid groups (broad SMARTS) is 1. The molecule has 2 aromatic carbocycles. The molecule has 126 valence electrons. The van der Waals surface area contributed by atoms with Gasteiger partial charge in [0, 0.05) is 6.54 Å². The van der Waals surface area contributed by atoms with Crippen LogP contribution in [0.1, 0.15) is 17.3 Å². The number of rotatable bonds is 6. The Morgan fingerprint density at radius 2 is 1.68 bits per heavy atom. The molecule has 2 aromatic rings. The first-order chi connectivity index (χ1) is 11.3. The molecule has 2 N–H and O–H groups in total. The van der Waals surface area contributed by atoms with Crippen LogP contribution in [-0.2, 0) is 10.0 Å². The minimum absolute atomic E-state index is 0. The number of carboxylic acids is 1. The van der Waals surface area contributed by atoms with Crippen LogP contribution in [0.2, 0.25) is 0 Å². The second-order valence-corrected chi connectivity index (χ2v) is 6.45. The molecular formula is C15H14N3NaO5S. The van der Waals surface area contributed by atoms with E-state index in [4.69, 9.17) is 5.11 Å². The second kappa shape index (κ2) is 9.07. The second-order valence-electron chi connectivity index (χ2n) is 4.68. The van der Waals surface area contributed by atoms with Crippen molar-refractivity contribution in [2.45, 2.75) is 11.8 Å². The molecule has 0 saturated carbocycles. The van der Waals surface area contributed by atoms with Crippen LogP contribution in [0.3, 0.4) is 0 Å². The minimum Gasteiger partial charge on any atom is -0.872 e. The summed E-state index contributed by atoms with van der Waals surface area (Å²) in [6.45, 7) is 1.96. The van der Waals surface area contributed by atoms with Gasteiger partial charge in [-0.15, -0.1) is 0 Å². The maximum absolute atomic E-state index is 11.8. The Labute approximate surface area is 167 Å². The van der Waals surface area contributed by atoms with Crippen molar-refractivity contribution in [2.24, 2.45) is 10.2 Å². The van der Waals surface area contributed by atoms with Crippen LogP contribution in [0.25, 0.3) is 0 Å². The van der Waals surface area contributed by atoms with Crippen LogP contribution < -0.4 is 39.4 Å². The summed E-state index contributed by atoms with van der Waals surface area (Å²) in [5.74, 6) is -1.95. The summed E-state index contributed by atoms with van der Waals surface area (Å²) >= 11 is 0. The molecule has 0 aliphatic carbocycles. The van der Waals surface area contributed by atoms with Gasteiger partial charge in [-0.1, -0.05) is 18.7 Å². The fourth-order valence-electron chi connectivity index (χ4n) is 1.83. The fourth-order valence-corrected chi connectivity index (χ4v) is 2.87. The van der Waals surface area contributed by atoms with Crippen LogP contribution in [0.5, 0.6) is 5.75 Å². The van der Waals surface area contributed by atoms with E-state index in [9.17, 15) is 18.3 Å². The zero-order chi connectivity index (χ0) is 17.7. The zero-order valence-electron chi connectivity index (χ0n) is 13.6. The van der Waals surface area contributed by atoms with Crippen molar-refractivity contribution in [3.8, 4) is 5.75 Å². The van der Waals surface area contributed by atoms with Gasteiger partial charge < -0.3 is 10.2 Å². The van der Waals surface area contributed by atoms with E-state index in [2.05, 4.69) is 15.0 Å². The third kappa shape index (κ3) is 5.62. The molecule has 0 amide bonds. The molecular weight excluding hydrogens is 357 g/mol. The largest absolute Gasteiger partial charge is 1.00 e. The molecule has 0 fully saturated rings. The molecule has 2 rings (SSSR count). The van der Waals surface area contributed by atoms with E-state index in [0.717, 1.165) is 12.1 Å². The van der Waals surface area contributed by atoms with Gasteiger partial charge in [-0.05, 0) is 36.4 Å². The van der Waals surface area contributed by atoms with E-state index in [1.54, 1.807) is 6.92 Å². The first kappa shape index (κ1) is 21.3. The molecule has 0 bridgehead atoms. The average molecular weight is 371 g/mol. The summed E-state index contributed by atoms with van der Waals surface area (Å²) in [5, 5.41) is 28.0. The molecule has 0 atom stereocenters. The van der Waals surface area contributed by atoms with Gasteiger partial charge in [0.1, 0.15) is 0 Å². The number of aromatic carboxylic acids is 1. The Morgan fingerprint density at radius 1 is 1.12 bits per heavy atom. The van der Waals surface area contributed by atoms with Gasteiger partial charge in [0.25, 0.3) is 0 Å². The number of nitrogens with zero attached hydrogens (tertiary/aromatic N) is 2. The van der Waals surface area contributed by atoms with Gasteiger partial charge >= 0.3 is 35.5 Å². The quantitative estimate of drug-likeness (QED) is 0.506. The van der Waals surface area contributed by atoms with Crippen molar-refractivity contribution >= 4 is 27.4 Å². The summed E-state index contributed by atoms with van der Waals surface area (Å²) in [6.07, 6.45) is 0. The molecule has 8 nitrogen and oxygen atoms in total. The number of azo groups is 1. The van der Waals surface area contributed by atoms with Gasteiger partial charge in [0.2, 0.25) is 10.0 Å². The van der Waals surface area contributed by atoms with Crippen LogP contribution in [0.15, 0.2) is 57.6 Å². The summed E-state index contributed by atoms with van der Waals surface area (Å²) in [6, 6.07) is 9.28. The zero-order valence-corrected chi connectivity index (χ0v) is 16.4. The predicted molar refractivity (Wildman–Crippen MR) is 84.3 cm³/mol. The summed E-state index contributed by atoms with van der Waals surface area (Å²) in [5.41, 5.74) is 0.198. The van der Waals surface area contributed by atoms with Crippen LogP contribution in [0.4, 0.5) is 11.4 Å². The number of carbonyl (C=O) groups is 1. The number of sulfonamides is 1. The molecule has 0 radical (unpaired) electrons. The summed E-state index contributed by atoms with van der Waals surface area (Å²) in [7, 11) is -3.54. The van der Waals surface area contributed by atoms with Crippen molar-refractivity contribution in [3.63, 3.8) is 0 Å². The molecule has 0 spiro atoms. The first-order valence-corrected chi connectivity index (χ1v) is 8.37. The number of benzene rings is 2. The fraction of sp³-hybridized carbons (Fsp3) is 0.133. The summed E-state index contributed by atoms with van der Waals surface area (Å²) in [4.78, 5) is 11.0. The third-order valence-electron chi connectivity index (χ3n) is 2.96. The monoisotopic (exact) mass is 371 g/mol.